The first-order valence-electron chi connectivity index (χ1n) is 51.2. The molecule has 12 heteroatoms. The molecule has 682 valence electrons. The summed E-state index contributed by atoms with van der Waals surface area (Å²) in [7, 11) is 0. The molecule has 0 fully saturated rings. The number of aromatic nitrogens is 1. The third-order valence-electron chi connectivity index (χ3n) is 32.7. The third kappa shape index (κ3) is 15.9. The molecular formula is C125H120N10S2. The molecule has 0 bridgehead atoms. The summed E-state index contributed by atoms with van der Waals surface area (Å²) in [4.78, 5) is 28.8. The number of aryl methyl sites for hydroxylation is 2. The van der Waals surface area contributed by atoms with Gasteiger partial charge in [-0.05, 0) is 263 Å². The highest BCUT2D eigenvalue weighted by molar-refractivity contribution is 8.00. The number of fused-ring (bicyclic) bond motifs is 14. The van der Waals surface area contributed by atoms with Crippen LogP contribution in [0.15, 0.2) is 407 Å². The number of hydrogen-bond acceptors (Lipinski definition) is 11. The third-order valence-corrected chi connectivity index (χ3v) is 35.5. The maximum absolute atomic E-state index is 8.29. The monoisotopic (exact) mass is 1820 g/mol. The minimum absolute atomic E-state index is 0.0358. The largest absolute Gasteiger partial charge is 0.398 e. The van der Waals surface area contributed by atoms with Gasteiger partial charge in [-0.1, -0.05) is 309 Å². The molecule has 11 unspecified atom stereocenters. The van der Waals surface area contributed by atoms with Gasteiger partial charge in [0.25, 0.3) is 0 Å². The summed E-state index contributed by atoms with van der Waals surface area (Å²) < 4.78 is 3.91. The summed E-state index contributed by atoms with van der Waals surface area (Å²) in [6.45, 7) is 5.58. The summed E-state index contributed by atoms with van der Waals surface area (Å²) in [6, 6.07) is 63.8. The van der Waals surface area contributed by atoms with Gasteiger partial charge in [-0.3, -0.25) is 10.3 Å². The predicted molar refractivity (Wildman–Crippen MR) is 574 cm³/mol. The number of anilines is 1. The fraction of sp³-hybridized carbons (Fsp3) is 0.296. The van der Waals surface area contributed by atoms with Crippen molar-refractivity contribution in [1.29, 1.82) is 0 Å². The Morgan fingerprint density at radius 2 is 1.33 bits per heavy atom. The lowest BCUT2D eigenvalue weighted by molar-refractivity contribution is 0.438. The van der Waals surface area contributed by atoms with Crippen LogP contribution in [0.5, 0.6) is 0 Å². The van der Waals surface area contributed by atoms with Gasteiger partial charge in [0, 0.05) is 106 Å². The SMILES string of the molecule is C/C(=C\C(=C(/N)C1=CC2(C)c3ccc4c(c3SC2CC1)N(C1=CC=CCC1)C1CC=CC=C41)C1NC(c2ccccc2)=NC(c2ccc(C3C=C(C4=NC(C5=CC(C6=C(C7=CC=CCC7)CCC(c7ccccc7)C6)CN=C5c5ccc6c7c(sc6c5)-c5c(c6ccccc6n5C5=CC=CCC5)CC7)NC(c5ccccc5)=N4)C=CC3)cc2)N1)C1=CC(C2=CCCCC2)CCC1C1=CC=CCC1. The standard InChI is InChI=1S/C125H120N10S2/c1-78(104-72-88(79-32-11-3-12-33-79)58-62-96(104)82-36-15-5-16-37-82)70-106(113(126)92-61-69-112-125(2,76-92)108-68-67-102-99-51-28-30-53-110(99)135(116(102)118(108)137-112)95-48-25-10-26-49-95)123-130-119(84-40-19-7-20-41-84)128-121(131-123)86-56-54-81(55-57-86)87-44-31-45-91(71-87)122-129-120(85-42-21-8-22-43-85)132-124(133-122)107-74-93(105-73-89(80-34-13-4-14-35-80)59-63-97(105)83-38-17-6-18-39-83)77-127-114(107)90-60-64-100-103-66-65-101-98-50-27-29-52-109(98)134(94-46-23-9-24-47-94)115(101)117(103)136-111(100)75-90/h4-10,13-15,17,19-23,25,27-32,34-36,38,40-43,45-46,48,50-52,54-57,60,64,67-68,70-72,74-76,87-89,93,96,110,112,121,123-124,131H,3,11-12,16,18,24,26,33,37,39,44,47,49,53,58-59,61-63,65-66,69,73,77,126H2,1-2H3,(H,128,130)(H,129,132,133)/b78-70+,113-106+. The van der Waals surface area contributed by atoms with Crippen molar-refractivity contribution < 1.29 is 0 Å². The first-order valence-corrected chi connectivity index (χ1v) is 52.9. The van der Waals surface area contributed by atoms with E-state index in [1.54, 1.807) is 11.1 Å². The van der Waals surface area contributed by atoms with Crippen LogP contribution in [0.4, 0.5) is 5.69 Å². The van der Waals surface area contributed by atoms with Crippen molar-refractivity contribution in [2.45, 2.75) is 213 Å². The number of hydrogen-bond donors (Lipinski definition) is 4. The van der Waals surface area contributed by atoms with E-state index in [0.717, 1.165) is 178 Å². The minimum Gasteiger partial charge on any atom is -0.398 e. The number of benzene rings is 7. The first kappa shape index (κ1) is 85.9. The highest BCUT2D eigenvalue weighted by Crippen LogP contribution is 2.63. The zero-order valence-corrected chi connectivity index (χ0v) is 80.4. The fourth-order valence-corrected chi connectivity index (χ4v) is 28.7. The smallest absolute Gasteiger partial charge is 0.159 e. The highest BCUT2D eigenvalue weighted by Gasteiger charge is 2.50. The van der Waals surface area contributed by atoms with Crippen LogP contribution in [-0.4, -0.2) is 58.0 Å². The number of nitrogens with zero attached hydrogens (tertiary/aromatic N) is 6. The number of para-hydroxylation sites is 1. The molecule has 9 aromatic rings. The first-order chi connectivity index (χ1) is 67.6. The van der Waals surface area contributed by atoms with Crippen molar-refractivity contribution in [3.05, 3.63) is 438 Å². The zero-order valence-electron chi connectivity index (χ0n) is 78.8. The topological polar surface area (TPSA) is 120 Å². The van der Waals surface area contributed by atoms with Crippen LogP contribution in [0.3, 0.4) is 0 Å². The van der Waals surface area contributed by atoms with E-state index in [-0.39, 0.29) is 17.3 Å². The molecule has 5 aliphatic heterocycles. The molecule has 7 aromatic carbocycles. The van der Waals surface area contributed by atoms with Crippen LogP contribution < -0.4 is 26.6 Å². The number of nitrogens with two attached hydrogens (primary N) is 1. The number of thioether (sulfide) groups is 1. The summed E-state index contributed by atoms with van der Waals surface area (Å²) in [6.07, 6.45) is 78.4. The Balaban J connectivity index is 0.578. The number of nitrogens with one attached hydrogen (secondary N) is 3. The molecule has 137 heavy (non-hydrogen) atoms. The van der Waals surface area contributed by atoms with Gasteiger partial charge in [0.1, 0.15) is 30.2 Å². The minimum atomic E-state index is -0.525. The predicted octanol–water partition coefficient (Wildman–Crippen LogP) is 28.9. The number of aliphatic imine (C=N–C) groups is 4. The summed E-state index contributed by atoms with van der Waals surface area (Å²) in [5, 5.41) is 15.5. The summed E-state index contributed by atoms with van der Waals surface area (Å²) in [5.41, 5.74) is 45.7. The Hall–Kier alpha value is -12.7. The van der Waals surface area contributed by atoms with Crippen molar-refractivity contribution >= 4 is 84.3 Å². The van der Waals surface area contributed by atoms with E-state index in [1.807, 2.05) is 11.3 Å². The van der Waals surface area contributed by atoms with Gasteiger partial charge in [0.05, 0.1) is 33.5 Å². The second-order valence-electron chi connectivity index (χ2n) is 40.7. The zero-order chi connectivity index (χ0) is 91.2. The Bertz CT molecular complexity index is 7230. The fourth-order valence-electron chi connectivity index (χ4n) is 25.7. The molecule has 0 saturated carbocycles. The average molecular weight is 1830 g/mol. The summed E-state index contributed by atoms with van der Waals surface area (Å²) in [5.74, 6) is 3.61. The molecular weight excluding hydrogens is 1710 g/mol. The Morgan fingerprint density at radius 1 is 0.569 bits per heavy atom. The maximum atomic E-state index is 8.29. The van der Waals surface area contributed by atoms with Crippen molar-refractivity contribution in [2.24, 2.45) is 43.5 Å². The molecule has 11 atom stereocenters. The molecule has 25 rings (SSSR count). The quantitative estimate of drug-likeness (QED) is 0.0502. The Morgan fingerprint density at radius 3 is 2.12 bits per heavy atom. The van der Waals surface area contributed by atoms with Crippen LogP contribution in [0.1, 0.15) is 222 Å². The number of rotatable bonds is 18. The lowest BCUT2D eigenvalue weighted by Gasteiger charge is -2.37. The van der Waals surface area contributed by atoms with E-state index >= 15 is 0 Å². The number of thiophene rings is 1. The molecule has 0 spiro atoms. The van der Waals surface area contributed by atoms with Gasteiger partial charge < -0.3 is 25.8 Å². The second kappa shape index (κ2) is 36.7. The van der Waals surface area contributed by atoms with E-state index in [9.17, 15) is 0 Å². The van der Waals surface area contributed by atoms with E-state index in [0.29, 0.717) is 41.4 Å². The van der Waals surface area contributed by atoms with Gasteiger partial charge in [-0.15, -0.1) is 23.1 Å². The maximum Gasteiger partial charge on any atom is 0.159 e. The van der Waals surface area contributed by atoms with Crippen LogP contribution in [0.2, 0.25) is 0 Å². The van der Waals surface area contributed by atoms with E-state index < -0.39 is 18.5 Å². The number of dihydropyridines is 1. The lowest BCUT2D eigenvalue weighted by Crippen LogP contribution is -2.52. The Labute approximate surface area is 815 Å². The van der Waals surface area contributed by atoms with Crippen LogP contribution in [0, 0.1) is 17.8 Å². The van der Waals surface area contributed by atoms with Crippen LogP contribution in [-0.2, 0) is 18.3 Å². The van der Waals surface area contributed by atoms with Crippen molar-refractivity contribution in [1.82, 2.24) is 20.5 Å². The molecule has 0 saturated heterocycles. The van der Waals surface area contributed by atoms with Crippen molar-refractivity contribution in [3.63, 3.8) is 0 Å². The molecule has 16 aliphatic rings. The molecule has 10 nitrogen and oxygen atoms in total. The number of amidine groups is 3. The van der Waals surface area contributed by atoms with Gasteiger partial charge in [0.15, 0.2) is 5.84 Å². The molecule has 0 amide bonds. The van der Waals surface area contributed by atoms with E-state index in [1.165, 1.54) is 158 Å². The van der Waals surface area contributed by atoms with Gasteiger partial charge >= 0.3 is 0 Å². The molecule has 0 radical (unpaired) electrons. The normalized spacial score (nSPS) is 26.7. The Kier molecular flexibility index (Phi) is 23.0. The van der Waals surface area contributed by atoms with Crippen LogP contribution in [0.25, 0.3) is 42.8 Å². The molecule has 7 heterocycles. The van der Waals surface area contributed by atoms with Gasteiger partial charge in [-0.25, -0.2) is 15.0 Å². The molecule has 2 aromatic heterocycles. The molecule has 11 aliphatic carbocycles. The summed E-state index contributed by atoms with van der Waals surface area (Å²) >= 11 is 4.10. The average Bonchev–Trinajstić information content (AvgIpc) is 1.54. The lowest BCUT2D eigenvalue weighted by atomic mass is 9.71. The highest BCUT2D eigenvalue weighted by atomic mass is 32.2. The van der Waals surface area contributed by atoms with Gasteiger partial charge in [-0.2, -0.15) is 0 Å². The van der Waals surface area contributed by atoms with Crippen molar-refractivity contribution in [3.8, 4) is 10.6 Å². The second-order valence-corrected chi connectivity index (χ2v) is 43.0. The van der Waals surface area contributed by atoms with Crippen molar-refractivity contribution in [2.75, 3.05) is 11.4 Å². The number of allylic oxidation sites excluding steroid dienone is 28. The van der Waals surface area contributed by atoms with Crippen LogP contribution >= 0.6 is 23.1 Å². The molecule has 5 N–H and O–H groups in total. The van der Waals surface area contributed by atoms with E-state index in [4.69, 9.17) is 25.7 Å². The van der Waals surface area contributed by atoms with Gasteiger partial charge in [0.2, 0.25) is 0 Å². The van der Waals surface area contributed by atoms with E-state index in [2.05, 4.69) is 361 Å².